The van der Waals surface area contributed by atoms with Crippen LogP contribution in [0.3, 0.4) is 0 Å². The normalized spacial score (nSPS) is 31.4. The van der Waals surface area contributed by atoms with Crippen LogP contribution in [0.4, 0.5) is 0 Å². The monoisotopic (exact) mass is 296 g/mol. The molecular weight excluding hydrogens is 268 g/mol. The van der Waals surface area contributed by atoms with Crippen molar-refractivity contribution >= 4 is 11.8 Å². The van der Waals surface area contributed by atoms with Crippen LogP contribution in [0.25, 0.3) is 0 Å². The van der Waals surface area contributed by atoms with Crippen molar-refractivity contribution in [3.63, 3.8) is 0 Å². The molecule has 5 nitrogen and oxygen atoms in total. The number of hydrogen-bond donors (Lipinski definition) is 1. The second kappa shape index (κ2) is 5.59. The molecule has 0 spiro atoms. The number of piperazine rings is 1. The van der Waals surface area contributed by atoms with Gasteiger partial charge in [-0.3, -0.25) is 9.59 Å². The van der Waals surface area contributed by atoms with E-state index in [4.69, 9.17) is 4.74 Å². The SMILES string of the molecule is CCC1(CC)NC(=O)C(C)N(CC2CCC(C)(C)O2)C1=O. The lowest BCUT2D eigenvalue weighted by molar-refractivity contribution is -0.157. The fraction of sp³-hybridized carbons (Fsp3) is 0.875. The van der Waals surface area contributed by atoms with Crippen LogP contribution in [0.2, 0.25) is 0 Å². The van der Waals surface area contributed by atoms with E-state index in [1.54, 1.807) is 11.8 Å². The van der Waals surface area contributed by atoms with Crippen LogP contribution < -0.4 is 5.32 Å². The highest BCUT2D eigenvalue weighted by atomic mass is 16.5. The van der Waals surface area contributed by atoms with Gasteiger partial charge in [0.15, 0.2) is 0 Å². The van der Waals surface area contributed by atoms with Crippen molar-refractivity contribution in [3.05, 3.63) is 0 Å². The van der Waals surface area contributed by atoms with Gasteiger partial charge in [0.2, 0.25) is 11.8 Å². The largest absolute Gasteiger partial charge is 0.371 e. The summed E-state index contributed by atoms with van der Waals surface area (Å²) in [5.41, 5.74) is -0.862. The third-order valence-corrected chi connectivity index (χ3v) is 5.04. The Morgan fingerprint density at radius 3 is 2.38 bits per heavy atom. The van der Waals surface area contributed by atoms with Gasteiger partial charge in [0.05, 0.1) is 11.7 Å². The summed E-state index contributed by atoms with van der Waals surface area (Å²) >= 11 is 0. The van der Waals surface area contributed by atoms with E-state index in [1.807, 2.05) is 13.8 Å². The number of nitrogens with zero attached hydrogens (tertiary/aromatic N) is 1. The molecule has 120 valence electrons. The zero-order chi connectivity index (χ0) is 15.8. The van der Waals surface area contributed by atoms with Crippen molar-refractivity contribution in [3.8, 4) is 0 Å². The Hall–Kier alpha value is -1.10. The predicted octanol–water partition coefficient (Wildman–Crippen LogP) is 1.85. The molecule has 2 unspecified atom stereocenters. The average Bonchev–Trinajstić information content (AvgIpc) is 2.78. The Morgan fingerprint density at radius 1 is 1.29 bits per heavy atom. The maximum absolute atomic E-state index is 12.9. The van der Waals surface area contributed by atoms with Crippen molar-refractivity contribution in [1.82, 2.24) is 10.2 Å². The highest BCUT2D eigenvalue weighted by Gasteiger charge is 2.48. The molecule has 2 aliphatic rings. The second-order valence-corrected chi connectivity index (χ2v) is 6.95. The number of carbonyl (C=O) groups is 2. The van der Waals surface area contributed by atoms with Gasteiger partial charge in [0.1, 0.15) is 11.6 Å². The van der Waals surface area contributed by atoms with Crippen LogP contribution in [0.5, 0.6) is 0 Å². The Bertz CT molecular complexity index is 429. The molecule has 0 aromatic heterocycles. The summed E-state index contributed by atoms with van der Waals surface area (Å²) in [4.78, 5) is 26.8. The minimum Gasteiger partial charge on any atom is -0.371 e. The average molecular weight is 296 g/mol. The summed E-state index contributed by atoms with van der Waals surface area (Å²) in [6.45, 7) is 10.4. The Balaban J connectivity index is 2.16. The molecule has 0 aliphatic carbocycles. The van der Waals surface area contributed by atoms with Gasteiger partial charge in [-0.2, -0.15) is 0 Å². The number of ether oxygens (including phenoxy) is 1. The molecule has 2 atom stereocenters. The summed E-state index contributed by atoms with van der Waals surface area (Å²) in [5, 5.41) is 2.93. The third-order valence-electron chi connectivity index (χ3n) is 5.04. The van der Waals surface area contributed by atoms with Gasteiger partial charge in [-0.25, -0.2) is 0 Å². The summed E-state index contributed by atoms with van der Waals surface area (Å²) in [6, 6.07) is -0.420. The van der Waals surface area contributed by atoms with Crippen molar-refractivity contribution in [2.75, 3.05) is 6.54 Å². The maximum Gasteiger partial charge on any atom is 0.249 e. The number of amides is 2. The number of nitrogens with one attached hydrogen (secondary N) is 1. The zero-order valence-corrected chi connectivity index (χ0v) is 13.9. The minimum atomic E-state index is -0.738. The number of hydrogen-bond acceptors (Lipinski definition) is 3. The molecule has 0 aromatic carbocycles. The lowest BCUT2D eigenvalue weighted by Gasteiger charge is -2.45. The summed E-state index contributed by atoms with van der Waals surface area (Å²) in [7, 11) is 0. The first-order chi connectivity index (χ1) is 9.74. The first kappa shape index (κ1) is 16.3. The van der Waals surface area contributed by atoms with Gasteiger partial charge in [-0.15, -0.1) is 0 Å². The van der Waals surface area contributed by atoms with E-state index in [0.29, 0.717) is 19.4 Å². The summed E-state index contributed by atoms with van der Waals surface area (Å²) in [6.07, 6.45) is 3.20. The quantitative estimate of drug-likeness (QED) is 0.861. The van der Waals surface area contributed by atoms with E-state index >= 15 is 0 Å². The van der Waals surface area contributed by atoms with Crippen molar-refractivity contribution in [2.45, 2.75) is 83.6 Å². The smallest absolute Gasteiger partial charge is 0.249 e. The van der Waals surface area contributed by atoms with E-state index in [-0.39, 0.29) is 23.5 Å². The molecule has 2 rings (SSSR count). The minimum absolute atomic E-state index is 0.0312. The molecule has 0 aromatic rings. The topological polar surface area (TPSA) is 58.6 Å². The van der Waals surface area contributed by atoms with Crippen molar-refractivity contribution in [1.29, 1.82) is 0 Å². The molecule has 0 saturated carbocycles. The number of rotatable bonds is 4. The van der Waals surface area contributed by atoms with Gasteiger partial charge in [-0.05, 0) is 46.5 Å². The van der Waals surface area contributed by atoms with Crippen LogP contribution >= 0.6 is 0 Å². The van der Waals surface area contributed by atoms with Gasteiger partial charge < -0.3 is 15.0 Å². The molecule has 0 radical (unpaired) electrons. The lowest BCUT2D eigenvalue weighted by atomic mass is 9.87. The van der Waals surface area contributed by atoms with Crippen molar-refractivity contribution in [2.24, 2.45) is 0 Å². The molecule has 2 amide bonds. The third kappa shape index (κ3) is 2.93. The van der Waals surface area contributed by atoms with Crippen LogP contribution in [0, 0.1) is 0 Å². The predicted molar refractivity (Wildman–Crippen MR) is 80.8 cm³/mol. The highest BCUT2D eigenvalue weighted by Crippen LogP contribution is 2.32. The van der Waals surface area contributed by atoms with Crippen molar-refractivity contribution < 1.29 is 14.3 Å². The van der Waals surface area contributed by atoms with E-state index in [2.05, 4.69) is 19.2 Å². The molecule has 2 heterocycles. The van der Waals surface area contributed by atoms with E-state index in [0.717, 1.165) is 12.8 Å². The van der Waals surface area contributed by atoms with Gasteiger partial charge >= 0.3 is 0 Å². The van der Waals surface area contributed by atoms with Gasteiger partial charge in [0.25, 0.3) is 0 Å². The lowest BCUT2D eigenvalue weighted by Crippen LogP contribution is -2.70. The molecule has 2 saturated heterocycles. The fourth-order valence-electron chi connectivity index (χ4n) is 3.38. The molecule has 2 fully saturated rings. The second-order valence-electron chi connectivity index (χ2n) is 6.95. The highest BCUT2D eigenvalue weighted by molar-refractivity contribution is 5.99. The molecule has 5 heteroatoms. The van der Waals surface area contributed by atoms with Gasteiger partial charge in [0, 0.05) is 6.54 Å². The van der Waals surface area contributed by atoms with Crippen LogP contribution in [-0.4, -0.2) is 46.5 Å². The Morgan fingerprint density at radius 2 is 1.90 bits per heavy atom. The maximum atomic E-state index is 12.9. The Labute approximate surface area is 127 Å². The van der Waals surface area contributed by atoms with E-state index < -0.39 is 11.6 Å². The van der Waals surface area contributed by atoms with E-state index in [9.17, 15) is 9.59 Å². The first-order valence-corrected chi connectivity index (χ1v) is 8.05. The first-order valence-electron chi connectivity index (χ1n) is 8.05. The van der Waals surface area contributed by atoms with Crippen LogP contribution in [-0.2, 0) is 14.3 Å². The van der Waals surface area contributed by atoms with Gasteiger partial charge in [-0.1, -0.05) is 13.8 Å². The molecular formula is C16H28N2O3. The molecule has 1 N–H and O–H groups in total. The van der Waals surface area contributed by atoms with Crippen LogP contribution in [0.1, 0.15) is 60.3 Å². The molecule has 2 aliphatic heterocycles. The fourth-order valence-corrected chi connectivity index (χ4v) is 3.38. The Kier molecular flexibility index (Phi) is 4.34. The zero-order valence-electron chi connectivity index (χ0n) is 13.9. The molecule has 21 heavy (non-hydrogen) atoms. The number of carbonyl (C=O) groups excluding carboxylic acids is 2. The van der Waals surface area contributed by atoms with Crippen LogP contribution in [0.15, 0.2) is 0 Å². The summed E-state index contributed by atoms with van der Waals surface area (Å²) in [5.74, 6) is -0.0246. The standard InChI is InChI=1S/C16H28N2O3/c1-6-16(7-2)14(20)18(11(3)13(19)17-16)10-12-8-9-15(4,5)21-12/h11-12H,6-10H2,1-5H3,(H,17,19). The summed E-state index contributed by atoms with van der Waals surface area (Å²) < 4.78 is 5.99. The van der Waals surface area contributed by atoms with E-state index in [1.165, 1.54) is 0 Å². The molecule has 0 bridgehead atoms.